The van der Waals surface area contributed by atoms with Crippen LogP contribution in [0.15, 0.2) is 24.3 Å². The molecule has 0 radical (unpaired) electrons. The molecular weight excluding hydrogens is 370 g/mol. The molecule has 0 amide bonds. The normalized spacial score (nSPS) is 10.5. The van der Waals surface area contributed by atoms with Gasteiger partial charge in [0, 0.05) is 18.8 Å². The summed E-state index contributed by atoms with van der Waals surface area (Å²) in [7, 11) is 0. The Kier molecular flexibility index (Phi) is 16.6. The maximum atomic E-state index is 2.48. The first-order valence-electron chi connectivity index (χ1n) is 10.7. The maximum absolute atomic E-state index is 2.48. The van der Waals surface area contributed by atoms with Crippen LogP contribution in [0.4, 0.5) is 5.69 Å². The standard InChI is InChI=1S/C23H41N.BrH/c1-4-7-8-9-10-11-12-13-14-15-16-19-22-20-17-18-21-23(22)24(5-2)6-3;/h17-18,20-21H,4-16,19H2,1-3H3;1H. The second-order valence-electron chi connectivity index (χ2n) is 7.09. The molecular formula is C23H42BrN. The van der Waals surface area contributed by atoms with Gasteiger partial charge in [-0.05, 0) is 38.3 Å². The zero-order chi connectivity index (χ0) is 17.5. The first-order valence-corrected chi connectivity index (χ1v) is 10.7. The average molecular weight is 413 g/mol. The van der Waals surface area contributed by atoms with Crippen LogP contribution in [-0.4, -0.2) is 13.1 Å². The summed E-state index contributed by atoms with van der Waals surface area (Å²) < 4.78 is 0. The summed E-state index contributed by atoms with van der Waals surface area (Å²) in [5.41, 5.74) is 2.99. The van der Waals surface area contributed by atoms with Gasteiger partial charge in [-0.2, -0.15) is 0 Å². The average Bonchev–Trinajstić information content (AvgIpc) is 2.62. The van der Waals surface area contributed by atoms with Crippen LogP contribution >= 0.6 is 17.0 Å². The molecule has 25 heavy (non-hydrogen) atoms. The van der Waals surface area contributed by atoms with Crippen molar-refractivity contribution in [2.45, 2.75) is 97.8 Å². The highest BCUT2D eigenvalue weighted by Gasteiger charge is 2.07. The highest BCUT2D eigenvalue weighted by Crippen LogP contribution is 2.22. The van der Waals surface area contributed by atoms with Crippen molar-refractivity contribution in [3.8, 4) is 0 Å². The fourth-order valence-electron chi connectivity index (χ4n) is 3.57. The van der Waals surface area contributed by atoms with Gasteiger partial charge < -0.3 is 4.90 Å². The van der Waals surface area contributed by atoms with E-state index >= 15 is 0 Å². The number of benzene rings is 1. The Labute approximate surface area is 168 Å². The number of rotatable bonds is 15. The van der Waals surface area contributed by atoms with Crippen LogP contribution in [0.25, 0.3) is 0 Å². The maximum Gasteiger partial charge on any atom is 0.0398 e. The van der Waals surface area contributed by atoms with Gasteiger partial charge in [-0.15, -0.1) is 17.0 Å². The van der Waals surface area contributed by atoms with Gasteiger partial charge in [0.05, 0.1) is 0 Å². The van der Waals surface area contributed by atoms with E-state index in [1.165, 1.54) is 88.3 Å². The second kappa shape index (κ2) is 16.9. The van der Waals surface area contributed by atoms with E-state index in [-0.39, 0.29) is 17.0 Å². The van der Waals surface area contributed by atoms with Crippen molar-refractivity contribution in [3.63, 3.8) is 0 Å². The highest BCUT2D eigenvalue weighted by molar-refractivity contribution is 8.93. The summed E-state index contributed by atoms with van der Waals surface area (Å²) in [6, 6.07) is 8.99. The Balaban J connectivity index is 0.00000576. The van der Waals surface area contributed by atoms with Crippen LogP contribution in [-0.2, 0) is 6.42 Å². The van der Waals surface area contributed by atoms with Gasteiger partial charge in [0.2, 0.25) is 0 Å². The quantitative estimate of drug-likeness (QED) is 0.264. The van der Waals surface area contributed by atoms with Crippen molar-refractivity contribution >= 4 is 22.7 Å². The molecule has 0 fully saturated rings. The summed E-state index contributed by atoms with van der Waals surface area (Å²) in [5.74, 6) is 0. The van der Waals surface area contributed by atoms with E-state index in [2.05, 4.69) is 49.9 Å². The third kappa shape index (κ3) is 10.9. The molecule has 1 rings (SSSR count). The first kappa shape index (κ1) is 24.5. The summed E-state index contributed by atoms with van der Waals surface area (Å²) >= 11 is 0. The lowest BCUT2D eigenvalue weighted by atomic mass is 10.0. The van der Waals surface area contributed by atoms with E-state index in [1.807, 2.05) is 0 Å². The number of aryl methyl sites for hydroxylation is 1. The number of halogens is 1. The Bertz CT molecular complexity index is 401. The number of unbranched alkanes of at least 4 members (excludes halogenated alkanes) is 10. The molecule has 0 heterocycles. The fraction of sp³-hybridized carbons (Fsp3) is 0.739. The fourth-order valence-corrected chi connectivity index (χ4v) is 3.57. The summed E-state index contributed by atoms with van der Waals surface area (Å²) in [6.07, 6.45) is 16.9. The summed E-state index contributed by atoms with van der Waals surface area (Å²) in [5, 5.41) is 0. The molecule has 0 spiro atoms. The van der Waals surface area contributed by atoms with Gasteiger partial charge in [-0.3, -0.25) is 0 Å². The highest BCUT2D eigenvalue weighted by atomic mass is 79.9. The molecule has 0 atom stereocenters. The van der Waals surface area contributed by atoms with Crippen LogP contribution in [0.1, 0.15) is 97.0 Å². The molecule has 0 aliphatic heterocycles. The predicted molar refractivity (Wildman–Crippen MR) is 120 cm³/mol. The first-order chi connectivity index (χ1) is 11.8. The Hall–Kier alpha value is -0.500. The zero-order valence-electron chi connectivity index (χ0n) is 17.1. The van der Waals surface area contributed by atoms with Crippen molar-refractivity contribution < 1.29 is 0 Å². The van der Waals surface area contributed by atoms with Crippen LogP contribution in [0, 0.1) is 0 Å². The van der Waals surface area contributed by atoms with Crippen molar-refractivity contribution in [2.75, 3.05) is 18.0 Å². The lowest BCUT2D eigenvalue weighted by Crippen LogP contribution is -2.23. The molecule has 0 saturated carbocycles. The minimum atomic E-state index is 0. The van der Waals surface area contributed by atoms with Crippen LogP contribution in [0.5, 0.6) is 0 Å². The Morgan fingerprint density at radius 2 is 1.12 bits per heavy atom. The number of anilines is 1. The number of hydrogen-bond acceptors (Lipinski definition) is 1. The molecule has 1 aromatic rings. The largest absolute Gasteiger partial charge is 0.372 e. The lowest BCUT2D eigenvalue weighted by Gasteiger charge is -2.24. The molecule has 0 unspecified atom stereocenters. The predicted octanol–water partition coefficient (Wildman–Crippen LogP) is 7.96. The van der Waals surface area contributed by atoms with Crippen molar-refractivity contribution in [2.24, 2.45) is 0 Å². The van der Waals surface area contributed by atoms with Gasteiger partial charge in [0.15, 0.2) is 0 Å². The van der Waals surface area contributed by atoms with Gasteiger partial charge in [0.25, 0.3) is 0 Å². The number of hydrogen-bond donors (Lipinski definition) is 0. The monoisotopic (exact) mass is 411 g/mol. The minimum Gasteiger partial charge on any atom is -0.372 e. The smallest absolute Gasteiger partial charge is 0.0398 e. The van der Waals surface area contributed by atoms with Gasteiger partial charge in [-0.25, -0.2) is 0 Å². The second-order valence-corrected chi connectivity index (χ2v) is 7.09. The van der Waals surface area contributed by atoms with Gasteiger partial charge in [-0.1, -0.05) is 89.3 Å². The zero-order valence-corrected chi connectivity index (χ0v) is 18.8. The Morgan fingerprint density at radius 1 is 0.640 bits per heavy atom. The third-order valence-corrected chi connectivity index (χ3v) is 5.15. The van der Waals surface area contributed by atoms with E-state index in [1.54, 1.807) is 0 Å². The third-order valence-electron chi connectivity index (χ3n) is 5.15. The molecule has 0 N–H and O–H groups in total. The minimum absolute atomic E-state index is 0. The van der Waals surface area contributed by atoms with E-state index < -0.39 is 0 Å². The van der Waals surface area contributed by atoms with E-state index in [4.69, 9.17) is 0 Å². The molecule has 0 aliphatic rings. The van der Waals surface area contributed by atoms with E-state index in [0.717, 1.165) is 13.1 Å². The molecule has 2 heteroatoms. The van der Waals surface area contributed by atoms with Crippen LogP contribution in [0.3, 0.4) is 0 Å². The molecule has 0 aliphatic carbocycles. The topological polar surface area (TPSA) is 3.24 Å². The van der Waals surface area contributed by atoms with Gasteiger partial charge in [0.1, 0.15) is 0 Å². The van der Waals surface area contributed by atoms with Crippen molar-refractivity contribution in [3.05, 3.63) is 29.8 Å². The number of para-hydroxylation sites is 1. The van der Waals surface area contributed by atoms with E-state index in [0.29, 0.717) is 0 Å². The summed E-state index contributed by atoms with van der Waals surface area (Å²) in [6.45, 7) is 9.00. The lowest BCUT2D eigenvalue weighted by molar-refractivity contribution is 0.549. The molecule has 1 aromatic carbocycles. The molecule has 1 nitrogen and oxygen atoms in total. The van der Waals surface area contributed by atoms with Crippen molar-refractivity contribution in [1.82, 2.24) is 0 Å². The molecule has 146 valence electrons. The molecule has 0 saturated heterocycles. The SMILES string of the molecule is Br.CCCCCCCCCCCCCc1ccccc1N(CC)CC. The Morgan fingerprint density at radius 3 is 1.64 bits per heavy atom. The number of nitrogens with zero attached hydrogens (tertiary/aromatic N) is 1. The van der Waals surface area contributed by atoms with Crippen LogP contribution < -0.4 is 4.90 Å². The van der Waals surface area contributed by atoms with Crippen molar-refractivity contribution in [1.29, 1.82) is 0 Å². The summed E-state index contributed by atoms with van der Waals surface area (Å²) in [4.78, 5) is 2.48. The van der Waals surface area contributed by atoms with Crippen LogP contribution in [0.2, 0.25) is 0 Å². The van der Waals surface area contributed by atoms with Gasteiger partial charge >= 0.3 is 0 Å². The molecule has 0 aromatic heterocycles. The van der Waals surface area contributed by atoms with E-state index in [9.17, 15) is 0 Å². The molecule has 0 bridgehead atoms.